The molecule has 6 nitrogen and oxygen atoms in total. The first-order valence-electron chi connectivity index (χ1n) is 8.82. The summed E-state index contributed by atoms with van der Waals surface area (Å²) >= 11 is 12.8. The van der Waals surface area contributed by atoms with Crippen LogP contribution in [0.2, 0.25) is 5.02 Å². The Bertz CT molecular complexity index is 1220. The van der Waals surface area contributed by atoms with Gasteiger partial charge in [-0.05, 0) is 68.5 Å². The molecule has 152 valence electrons. The fourth-order valence-corrected chi connectivity index (χ4v) is 4.59. The zero-order chi connectivity index (χ0) is 21.6. The quantitative estimate of drug-likeness (QED) is 0.425. The molecule has 0 saturated carbocycles. The number of thioether (sulfide) groups is 1. The Morgan fingerprint density at radius 2 is 1.87 bits per heavy atom. The van der Waals surface area contributed by atoms with E-state index in [9.17, 15) is 14.7 Å². The molecule has 1 fully saturated rings. The number of aryl methyl sites for hydroxylation is 2. The Morgan fingerprint density at radius 3 is 2.53 bits per heavy atom. The number of hydrogen-bond acceptors (Lipinski definition) is 5. The minimum atomic E-state index is -1.06. The standard InChI is InChI=1S/C21H15ClN2O4S2/c1-11-3-4-12(2)23(11)24-19(25)18(30-21(24)29)10-14-6-8-17(28-14)15-9-13(20(26)27)5-7-16(15)22/h3-10H,1-2H3,(H,26,27). The van der Waals surface area contributed by atoms with Crippen LogP contribution in [0.1, 0.15) is 27.5 Å². The number of rotatable bonds is 4. The third kappa shape index (κ3) is 3.58. The fraction of sp³-hybridized carbons (Fsp3) is 0.0952. The molecule has 30 heavy (non-hydrogen) atoms. The Balaban J connectivity index is 1.66. The molecular formula is C21H15ClN2O4S2. The summed E-state index contributed by atoms with van der Waals surface area (Å²) < 4.78 is 8.03. The summed E-state index contributed by atoms with van der Waals surface area (Å²) in [6.07, 6.45) is 1.62. The molecule has 1 aliphatic heterocycles. The summed E-state index contributed by atoms with van der Waals surface area (Å²) in [5.74, 6) is -0.458. The van der Waals surface area contributed by atoms with Crippen molar-refractivity contribution >= 4 is 57.9 Å². The second kappa shape index (κ2) is 7.79. The van der Waals surface area contributed by atoms with Crippen LogP contribution < -0.4 is 5.01 Å². The predicted octanol–water partition coefficient (Wildman–Crippen LogP) is 5.25. The number of amides is 1. The summed E-state index contributed by atoms with van der Waals surface area (Å²) in [6, 6.07) is 11.6. The lowest BCUT2D eigenvalue weighted by Gasteiger charge is -2.20. The van der Waals surface area contributed by atoms with Crippen LogP contribution in [0.15, 0.2) is 51.8 Å². The van der Waals surface area contributed by atoms with Gasteiger partial charge in [0.05, 0.1) is 15.5 Å². The second-order valence-corrected chi connectivity index (χ2v) is 8.71. The lowest BCUT2D eigenvalue weighted by molar-refractivity contribution is -0.114. The van der Waals surface area contributed by atoms with Gasteiger partial charge in [-0.25, -0.2) is 4.79 Å². The second-order valence-electron chi connectivity index (χ2n) is 6.62. The molecule has 0 radical (unpaired) electrons. The highest BCUT2D eigenvalue weighted by Gasteiger charge is 2.35. The van der Waals surface area contributed by atoms with E-state index >= 15 is 0 Å². The molecule has 0 unspecified atom stereocenters. The lowest BCUT2D eigenvalue weighted by atomic mass is 10.1. The molecule has 2 aromatic heterocycles. The van der Waals surface area contributed by atoms with Gasteiger partial charge in [-0.3, -0.25) is 9.47 Å². The maximum Gasteiger partial charge on any atom is 0.335 e. The van der Waals surface area contributed by atoms with Crippen molar-refractivity contribution < 1.29 is 19.1 Å². The average Bonchev–Trinajstić information content (AvgIpc) is 3.36. The Morgan fingerprint density at radius 1 is 1.17 bits per heavy atom. The van der Waals surface area contributed by atoms with E-state index in [0.717, 1.165) is 11.4 Å². The summed E-state index contributed by atoms with van der Waals surface area (Å²) in [6.45, 7) is 3.81. The highest BCUT2D eigenvalue weighted by Crippen LogP contribution is 2.35. The van der Waals surface area contributed by atoms with Gasteiger partial charge in [-0.1, -0.05) is 23.4 Å². The van der Waals surface area contributed by atoms with Crippen molar-refractivity contribution in [1.29, 1.82) is 0 Å². The SMILES string of the molecule is Cc1ccc(C)n1N1C(=O)C(=Cc2ccc(-c3cc(C(=O)O)ccc3Cl)o2)SC1=S. The first kappa shape index (κ1) is 20.5. The van der Waals surface area contributed by atoms with Gasteiger partial charge in [0, 0.05) is 23.0 Å². The fourth-order valence-electron chi connectivity index (χ4n) is 3.16. The van der Waals surface area contributed by atoms with Crippen LogP contribution in [0.4, 0.5) is 0 Å². The van der Waals surface area contributed by atoms with E-state index in [1.54, 1.807) is 22.9 Å². The smallest absolute Gasteiger partial charge is 0.335 e. The lowest BCUT2D eigenvalue weighted by Crippen LogP contribution is -2.39. The minimum Gasteiger partial charge on any atom is -0.478 e. The predicted molar refractivity (Wildman–Crippen MR) is 121 cm³/mol. The molecule has 1 saturated heterocycles. The van der Waals surface area contributed by atoms with Gasteiger partial charge >= 0.3 is 5.97 Å². The molecule has 1 aromatic carbocycles. The molecule has 1 N–H and O–H groups in total. The van der Waals surface area contributed by atoms with Crippen LogP contribution in [-0.2, 0) is 4.79 Å². The number of carbonyl (C=O) groups excluding carboxylic acids is 1. The molecule has 0 atom stereocenters. The van der Waals surface area contributed by atoms with Gasteiger partial charge in [0.1, 0.15) is 11.5 Å². The number of carboxylic acids is 1. The molecule has 0 spiro atoms. The number of aromatic carboxylic acids is 1. The largest absolute Gasteiger partial charge is 0.478 e. The zero-order valence-electron chi connectivity index (χ0n) is 15.9. The first-order chi connectivity index (χ1) is 14.3. The van der Waals surface area contributed by atoms with E-state index in [4.69, 9.17) is 28.2 Å². The van der Waals surface area contributed by atoms with Crippen molar-refractivity contribution in [2.45, 2.75) is 13.8 Å². The Hall–Kier alpha value is -2.81. The molecule has 0 aliphatic carbocycles. The molecule has 0 bridgehead atoms. The van der Waals surface area contributed by atoms with Gasteiger partial charge in [-0.2, -0.15) is 5.01 Å². The number of halogens is 1. The molecule has 1 amide bonds. The van der Waals surface area contributed by atoms with Crippen molar-refractivity contribution in [2.75, 3.05) is 5.01 Å². The number of nitrogens with zero attached hydrogens (tertiary/aromatic N) is 2. The highest BCUT2D eigenvalue weighted by molar-refractivity contribution is 8.27. The van der Waals surface area contributed by atoms with Crippen LogP contribution in [0, 0.1) is 13.8 Å². The van der Waals surface area contributed by atoms with Crippen molar-refractivity contribution in [3.8, 4) is 11.3 Å². The van der Waals surface area contributed by atoms with E-state index in [1.165, 1.54) is 35.0 Å². The molecule has 4 rings (SSSR count). The number of carbonyl (C=O) groups is 2. The molecule has 3 heterocycles. The summed E-state index contributed by atoms with van der Waals surface area (Å²) in [4.78, 5) is 24.6. The van der Waals surface area contributed by atoms with Crippen molar-refractivity contribution in [1.82, 2.24) is 4.68 Å². The number of thiocarbonyl (C=S) groups is 1. The number of hydrogen-bond donors (Lipinski definition) is 1. The summed E-state index contributed by atoms with van der Waals surface area (Å²) in [5.41, 5.74) is 2.37. The highest BCUT2D eigenvalue weighted by atomic mass is 35.5. The Kier molecular flexibility index (Phi) is 5.31. The minimum absolute atomic E-state index is 0.102. The van der Waals surface area contributed by atoms with E-state index < -0.39 is 5.97 Å². The average molecular weight is 459 g/mol. The summed E-state index contributed by atoms with van der Waals surface area (Å²) in [5, 5.41) is 11.0. The van der Waals surface area contributed by atoms with Gasteiger partial charge in [0.15, 0.2) is 4.32 Å². The van der Waals surface area contributed by atoms with Crippen LogP contribution in [0.3, 0.4) is 0 Å². The maximum absolute atomic E-state index is 13.0. The third-order valence-electron chi connectivity index (χ3n) is 4.59. The van der Waals surface area contributed by atoms with Gasteiger partial charge in [0.2, 0.25) is 0 Å². The van der Waals surface area contributed by atoms with Gasteiger partial charge in [-0.15, -0.1) is 0 Å². The normalized spacial score (nSPS) is 15.4. The topological polar surface area (TPSA) is 75.7 Å². The van der Waals surface area contributed by atoms with E-state index in [0.29, 0.717) is 31.3 Å². The Labute approximate surface area is 186 Å². The zero-order valence-corrected chi connectivity index (χ0v) is 18.3. The van der Waals surface area contributed by atoms with Crippen molar-refractivity contribution in [3.63, 3.8) is 0 Å². The summed E-state index contributed by atoms with van der Waals surface area (Å²) in [7, 11) is 0. The van der Waals surface area contributed by atoms with E-state index in [2.05, 4.69) is 0 Å². The number of aromatic nitrogens is 1. The first-order valence-corrected chi connectivity index (χ1v) is 10.4. The van der Waals surface area contributed by atoms with Gasteiger partial charge < -0.3 is 9.52 Å². The van der Waals surface area contributed by atoms with Crippen LogP contribution in [0.5, 0.6) is 0 Å². The third-order valence-corrected chi connectivity index (χ3v) is 6.20. The molecule has 1 aliphatic rings. The van der Waals surface area contributed by atoms with Crippen LogP contribution in [-0.4, -0.2) is 26.0 Å². The van der Waals surface area contributed by atoms with Crippen molar-refractivity contribution in [2.24, 2.45) is 0 Å². The molecule has 9 heteroatoms. The number of benzene rings is 1. The van der Waals surface area contributed by atoms with Gasteiger partial charge in [0.25, 0.3) is 5.91 Å². The maximum atomic E-state index is 13.0. The van der Waals surface area contributed by atoms with E-state index in [1.807, 2.05) is 26.0 Å². The van der Waals surface area contributed by atoms with Crippen LogP contribution in [0.25, 0.3) is 17.4 Å². The molecular weight excluding hydrogens is 444 g/mol. The van der Waals surface area contributed by atoms with E-state index in [-0.39, 0.29) is 11.5 Å². The van der Waals surface area contributed by atoms with Crippen molar-refractivity contribution in [3.05, 3.63) is 75.1 Å². The monoisotopic (exact) mass is 458 g/mol. The number of carboxylic acid groups (broad SMARTS) is 1. The number of furan rings is 1. The van der Waals surface area contributed by atoms with Crippen LogP contribution >= 0.6 is 35.6 Å². The molecule has 3 aromatic rings.